The molecule has 2 nitrogen and oxygen atoms in total. The number of carbonyl (C=O) groups is 1. The zero-order chi connectivity index (χ0) is 19.1. The van der Waals surface area contributed by atoms with Gasteiger partial charge in [-0.3, -0.25) is 4.79 Å². The van der Waals surface area contributed by atoms with Crippen LogP contribution in [0.4, 0.5) is 0 Å². The van der Waals surface area contributed by atoms with Gasteiger partial charge in [-0.1, -0.05) is 104 Å². The maximum atomic E-state index is 13.5. The largest absolute Gasteiger partial charge is 0.528 e. The van der Waals surface area contributed by atoms with Crippen LogP contribution in [0, 0.1) is 0 Å². The molecular weight excluding hydrogens is 348 g/mol. The van der Waals surface area contributed by atoms with Gasteiger partial charge in [0, 0.05) is 5.92 Å². The molecule has 3 aromatic carbocycles. The van der Waals surface area contributed by atoms with Crippen molar-refractivity contribution in [3.63, 3.8) is 0 Å². The fourth-order valence-corrected chi connectivity index (χ4v) is 4.44. The Balaban J connectivity index is 2.35. The lowest BCUT2D eigenvalue weighted by Gasteiger charge is -2.40. The van der Waals surface area contributed by atoms with Gasteiger partial charge in [-0.25, -0.2) is 0 Å². The summed E-state index contributed by atoms with van der Waals surface area (Å²) in [6.07, 6.45) is 1.87. The van der Waals surface area contributed by atoms with Crippen molar-refractivity contribution in [3.05, 3.63) is 108 Å². The summed E-state index contributed by atoms with van der Waals surface area (Å²) in [5.41, 5.74) is 2.28. The molecule has 1 atom stereocenters. The topological polar surface area (TPSA) is 26.3 Å². The summed E-state index contributed by atoms with van der Waals surface area (Å²) in [6, 6.07) is 30.6. The molecule has 3 heteroatoms. The van der Waals surface area contributed by atoms with Crippen molar-refractivity contribution in [2.45, 2.75) is 31.1 Å². The third-order valence-corrected chi connectivity index (χ3v) is 5.64. The second kappa shape index (κ2) is 8.83. The van der Waals surface area contributed by atoms with Gasteiger partial charge in [0.25, 0.3) is 0 Å². The summed E-state index contributed by atoms with van der Waals surface area (Å²) in [4.78, 5) is 13.5. The van der Waals surface area contributed by atoms with Crippen molar-refractivity contribution in [1.29, 1.82) is 0 Å². The molecule has 3 aromatic rings. The summed E-state index contributed by atoms with van der Waals surface area (Å²) in [6.45, 7) is 2.17. The second-order valence-corrected chi connectivity index (χ2v) is 7.19. The van der Waals surface area contributed by atoms with E-state index >= 15 is 0 Å². The van der Waals surface area contributed by atoms with Gasteiger partial charge in [-0.15, -0.1) is 0 Å². The first kappa shape index (κ1) is 19.1. The molecule has 0 saturated heterocycles. The molecule has 3 rings (SSSR count). The fourth-order valence-electron chi connectivity index (χ4n) is 4.12. The third kappa shape index (κ3) is 3.60. The standard InChI is InChI=1S/C24H26O2Si/c1-2-12-22(19-13-6-3-7-14-19)24(23(25)26-27,20-15-8-4-9-16-20)21-17-10-5-11-18-21/h3-11,13-18,22H,2,12H2,1,27H3. The average molecular weight is 375 g/mol. The van der Waals surface area contributed by atoms with E-state index in [-0.39, 0.29) is 11.9 Å². The first-order valence-corrected chi connectivity index (χ1v) is 10.3. The van der Waals surface area contributed by atoms with Crippen LogP contribution in [-0.2, 0) is 14.6 Å². The summed E-state index contributed by atoms with van der Waals surface area (Å²) in [5, 5.41) is 0. The highest BCUT2D eigenvalue weighted by molar-refractivity contribution is 6.08. The molecule has 0 fully saturated rings. The Morgan fingerprint density at radius 2 is 1.30 bits per heavy atom. The Hall–Kier alpha value is -2.65. The molecule has 0 amide bonds. The van der Waals surface area contributed by atoms with Crippen molar-refractivity contribution < 1.29 is 9.22 Å². The number of benzene rings is 3. The van der Waals surface area contributed by atoms with E-state index in [2.05, 4.69) is 43.3 Å². The van der Waals surface area contributed by atoms with E-state index in [1.807, 2.05) is 54.6 Å². The van der Waals surface area contributed by atoms with Crippen molar-refractivity contribution in [2.24, 2.45) is 0 Å². The molecule has 0 bridgehead atoms. The van der Waals surface area contributed by atoms with Crippen molar-refractivity contribution >= 4 is 16.5 Å². The molecular formula is C24H26O2Si. The zero-order valence-corrected chi connectivity index (χ0v) is 18.0. The number of carbonyl (C=O) groups excluding carboxylic acids is 1. The minimum absolute atomic E-state index is 0.00468. The molecule has 0 aliphatic rings. The summed E-state index contributed by atoms with van der Waals surface area (Å²) in [5.74, 6) is -0.163. The molecule has 0 heterocycles. The molecule has 27 heavy (non-hydrogen) atoms. The maximum absolute atomic E-state index is 13.5. The number of rotatable bonds is 7. The average Bonchev–Trinajstić information content (AvgIpc) is 2.75. The summed E-state index contributed by atoms with van der Waals surface area (Å²) < 4.78 is 5.57. The van der Waals surface area contributed by atoms with Crippen LogP contribution < -0.4 is 0 Å². The van der Waals surface area contributed by atoms with E-state index in [4.69, 9.17) is 4.43 Å². The molecule has 0 aromatic heterocycles. The van der Waals surface area contributed by atoms with Gasteiger partial charge in [0.05, 0.1) is 0 Å². The predicted octanol–water partition coefficient (Wildman–Crippen LogP) is 4.38. The van der Waals surface area contributed by atoms with Crippen LogP contribution >= 0.6 is 0 Å². The summed E-state index contributed by atoms with van der Waals surface area (Å²) >= 11 is 0. The van der Waals surface area contributed by atoms with Gasteiger partial charge in [0.1, 0.15) is 5.41 Å². The van der Waals surface area contributed by atoms with Gasteiger partial charge >= 0.3 is 5.97 Å². The van der Waals surface area contributed by atoms with Crippen molar-refractivity contribution in [1.82, 2.24) is 0 Å². The first-order valence-electron chi connectivity index (χ1n) is 9.49. The van der Waals surface area contributed by atoms with Crippen LogP contribution in [0.1, 0.15) is 42.4 Å². The van der Waals surface area contributed by atoms with Gasteiger partial charge in [0.2, 0.25) is 10.5 Å². The second-order valence-electron chi connectivity index (χ2n) is 6.78. The minimum Gasteiger partial charge on any atom is -0.528 e. The van der Waals surface area contributed by atoms with E-state index in [1.54, 1.807) is 0 Å². The maximum Gasteiger partial charge on any atom is 0.307 e. The van der Waals surface area contributed by atoms with Crippen molar-refractivity contribution in [3.8, 4) is 0 Å². The van der Waals surface area contributed by atoms with Crippen LogP contribution in [0.3, 0.4) is 0 Å². The normalized spacial score (nSPS) is 12.5. The monoisotopic (exact) mass is 374 g/mol. The third-order valence-electron chi connectivity index (χ3n) is 5.27. The van der Waals surface area contributed by atoms with Crippen LogP contribution in [0.2, 0.25) is 0 Å². The zero-order valence-electron chi connectivity index (χ0n) is 16.0. The number of hydrogen-bond donors (Lipinski definition) is 0. The molecule has 0 saturated carbocycles. The minimum atomic E-state index is -0.859. The highest BCUT2D eigenvalue weighted by Crippen LogP contribution is 2.47. The Morgan fingerprint density at radius 1 is 0.852 bits per heavy atom. The van der Waals surface area contributed by atoms with Gasteiger partial charge in [-0.05, 0) is 23.1 Å². The van der Waals surface area contributed by atoms with Crippen LogP contribution in [0.5, 0.6) is 0 Å². The molecule has 138 valence electrons. The molecule has 1 unspecified atom stereocenters. The van der Waals surface area contributed by atoms with Gasteiger partial charge in [0.15, 0.2) is 0 Å². The highest BCUT2D eigenvalue weighted by Gasteiger charge is 2.49. The van der Waals surface area contributed by atoms with Crippen molar-refractivity contribution in [2.75, 3.05) is 0 Å². The highest BCUT2D eigenvalue weighted by atomic mass is 28.2. The van der Waals surface area contributed by atoms with E-state index in [0.29, 0.717) is 10.5 Å². The molecule has 0 spiro atoms. The Labute approximate surface area is 164 Å². The van der Waals surface area contributed by atoms with E-state index in [0.717, 1.165) is 24.0 Å². The fraction of sp³-hybridized carbons (Fsp3) is 0.208. The number of hydrogen-bond acceptors (Lipinski definition) is 2. The Bertz CT molecular complexity index is 808. The quantitative estimate of drug-likeness (QED) is 0.574. The van der Waals surface area contributed by atoms with Crippen LogP contribution in [-0.4, -0.2) is 16.5 Å². The van der Waals surface area contributed by atoms with Crippen LogP contribution in [0.25, 0.3) is 0 Å². The molecule has 0 radical (unpaired) electrons. The Kier molecular flexibility index (Phi) is 6.25. The van der Waals surface area contributed by atoms with E-state index in [9.17, 15) is 4.79 Å². The van der Waals surface area contributed by atoms with Gasteiger partial charge < -0.3 is 4.43 Å². The Morgan fingerprint density at radius 3 is 1.70 bits per heavy atom. The molecule has 0 aliphatic heterocycles. The van der Waals surface area contributed by atoms with Gasteiger partial charge in [-0.2, -0.15) is 0 Å². The smallest absolute Gasteiger partial charge is 0.307 e. The molecule has 0 N–H and O–H groups in total. The van der Waals surface area contributed by atoms with E-state index in [1.165, 1.54) is 5.56 Å². The summed E-state index contributed by atoms with van der Waals surface area (Å²) in [7, 11) is 0.369. The lowest BCUT2D eigenvalue weighted by molar-refractivity contribution is -0.140. The molecule has 0 aliphatic carbocycles. The predicted molar refractivity (Wildman–Crippen MR) is 114 cm³/mol. The first-order chi connectivity index (χ1) is 13.2. The van der Waals surface area contributed by atoms with E-state index < -0.39 is 5.41 Å². The lowest BCUT2D eigenvalue weighted by atomic mass is 9.62. The van der Waals surface area contributed by atoms with Crippen LogP contribution in [0.15, 0.2) is 91.0 Å². The SMILES string of the molecule is CCCC(c1ccccc1)C(C(=O)O[SiH3])(c1ccccc1)c1ccccc1. The lowest BCUT2D eigenvalue weighted by Crippen LogP contribution is -2.44.